The quantitative estimate of drug-likeness (QED) is 0.158. The van der Waals surface area contributed by atoms with Crippen LogP contribution in [0.2, 0.25) is 0 Å². The number of aliphatic hydroxyl groups is 3. The Hall–Kier alpha value is -4.79. The maximum atomic E-state index is 14.5. The van der Waals surface area contributed by atoms with Crippen LogP contribution in [0.1, 0.15) is 37.5 Å². The zero-order valence-electron chi connectivity index (χ0n) is 26.6. The first-order valence-electron chi connectivity index (χ1n) is 15.5. The van der Waals surface area contributed by atoms with Crippen molar-refractivity contribution in [2.24, 2.45) is 4.99 Å². The van der Waals surface area contributed by atoms with Gasteiger partial charge in [-0.15, -0.1) is 0 Å². The second-order valence-corrected chi connectivity index (χ2v) is 12.2. The number of carbonyl (C=O) groups excluding carboxylic acids is 4. The number of aliphatic imine (C=N–C) groups is 1. The Bertz CT molecular complexity index is 1640. The molecule has 3 aliphatic heterocycles. The number of nitrogens with one attached hydrogen (secondary N) is 2. The van der Waals surface area contributed by atoms with Crippen LogP contribution in [0.15, 0.2) is 96.0 Å². The number of benzene rings is 3. The standard InChI is InChI=1S/C35H37N5O8/c1-21(42)33-31(47)37-35(22(2)43,40(23(3)44)32(33)39(20-36-33)30-29(46)28(45)27(19-41)48-30)38-34(24-13-7-4-8-14-24,25-15-9-5-10-16-25)26-17-11-6-12-18-26/h4-18,20,27-30,32,38,41,45-46H,19H2,1-3H3,(H,37,47)/t27-,28?,29?,30-,32?,33?,35?/m1/s1. The minimum Gasteiger partial charge on any atom is -0.394 e. The molecule has 0 saturated carbocycles. The third kappa shape index (κ3) is 4.77. The van der Waals surface area contributed by atoms with Crippen LogP contribution in [-0.4, -0.2) is 103 Å². The Balaban J connectivity index is 1.62. The van der Waals surface area contributed by atoms with E-state index >= 15 is 0 Å². The van der Waals surface area contributed by atoms with Crippen LogP contribution in [0.5, 0.6) is 0 Å². The van der Waals surface area contributed by atoms with Gasteiger partial charge in [-0.2, -0.15) is 0 Å². The van der Waals surface area contributed by atoms with E-state index in [1.165, 1.54) is 18.7 Å². The lowest BCUT2D eigenvalue weighted by atomic mass is 9.75. The topological polar surface area (TPSA) is 181 Å². The van der Waals surface area contributed by atoms with Crippen LogP contribution in [-0.2, 0) is 29.5 Å². The highest BCUT2D eigenvalue weighted by Crippen LogP contribution is 2.44. The molecule has 250 valence electrons. The molecular weight excluding hydrogens is 618 g/mol. The van der Waals surface area contributed by atoms with Crippen molar-refractivity contribution in [3.8, 4) is 0 Å². The molecule has 7 atom stereocenters. The number of aliphatic hydroxyl groups excluding tert-OH is 3. The maximum Gasteiger partial charge on any atom is 0.263 e. The Labute approximate surface area is 276 Å². The van der Waals surface area contributed by atoms with Gasteiger partial charge in [-0.1, -0.05) is 91.0 Å². The number of hydrogen-bond donors (Lipinski definition) is 5. The summed E-state index contributed by atoms with van der Waals surface area (Å²) in [7, 11) is 0. The van der Waals surface area contributed by atoms with Gasteiger partial charge >= 0.3 is 0 Å². The van der Waals surface area contributed by atoms with E-state index in [-0.39, 0.29) is 0 Å². The minimum absolute atomic E-state index is 0.647. The highest BCUT2D eigenvalue weighted by molar-refractivity contribution is 6.16. The van der Waals surface area contributed by atoms with Crippen LogP contribution in [0.3, 0.4) is 0 Å². The highest BCUT2D eigenvalue weighted by Gasteiger charge is 2.71. The summed E-state index contributed by atoms with van der Waals surface area (Å²) in [5, 5.41) is 37.6. The second kappa shape index (κ2) is 12.3. The molecule has 5 unspecified atom stereocenters. The van der Waals surface area contributed by atoms with E-state index in [2.05, 4.69) is 15.6 Å². The number of amides is 2. The number of fused-ring (bicyclic) bond motifs is 1. The lowest BCUT2D eigenvalue weighted by Crippen LogP contribution is -2.88. The molecule has 2 amide bonds. The number of nitrogens with zero attached hydrogens (tertiary/aromatic N) is 3. The van der Waals surface area contributed by atoms with Crippen molar-refractivity contribution in [2.45, 2.75) is 68.3 Å². The Morgan fingerprint density at radius 3 is 1.75 bits per heavy atom. The fraction of sp³-hybridized carbons (Fsp3) is 0.343. The van der Waals surface area contributed by atoms with E-state index in [1.54, 1.807) is 0 Å². The van der Waals surface area contributed by atoms with E-state index < -0.39 is 77.6 Å². The molecular formula is C35H37N5O8. The smallest absolute Gasteiger partial charge is 0.263 e. The molecule has 3 aromatic carbocycles. The van der Waals surface area contributed by atoms with Gasteiger partial charge in [-0.3, -0.25) is 29.4 Å². The molecule has 13 heteroatoms. The number of ether oxygens (including phenoxy) is 1. The molecule has 48 heavy (non-hydrogen) atoms. The average Bonchev–Trinajstić information content (AvgIpc) is 3.62. The number of rotatable bonds is 9. The summed E-state index contributed by atoms with van der Waals surface area (Å²) in [5.41, 5.74) is -1.71. The Kier molecular flexibility index (Phi) is 8.52. The lowest BCUT2D eigenvalue weighted by molar-refractivity contribution is -0.189. The third-order valence-electron chi connectivity index (χ3n) is 9.48. The van der Waals surface area contributed by atoms with Gasteiger partial charge < -0.3 is 30.3 Å². The molecule has 3 aromatic rings. The van der Waals surface area contributed by atoms with Gasteiger partial charge in [0.2, 0.25) is 17.2 Å². The monoisotopic (exact) mass is 655 g/mol. The zero-order chi connectivity index (χ0) is 34.4. The summed E-state index contributed by atoms with van der Waals surface area (Å²) in [6.45, 7) is 2.89. The first kappa shape index (κ1) is 33.1. The van der Waals surface area contributed by atoms with Crippen molar-refractivity contribution >= 4 is 29.7 Å². The van der Waals surface area contributed by atoms with Gasteiger partial charge in [0.15, 0.2) is 24.0 Å². The largest absolute Gasteiger partial charge is 0.394 e. The van der Waals surface area contributed by atoms with Crippen LogP contribution in [0, 0.1) is 0 Å². The van der Waals surface area contributed by atoms with Gasteiger partial charge in [0.05, 0.1) is 18.5 Å². The van der Waals surface area contributed by atoms with Gasteiger partial charge in [-0.05, 0) is 23.6 Å². The highest BCUT2D eigenvalue weighted by atomic mass is 16.6. The summed E-state index contributed by atoms with van der Waals surface area (Å²) in [6.07, 6.45) is -6.43. The number of carbonyl (C=O) groups is 4. The minimum atomic E-state index is -2.33. The van der Waals surface area contributed by atoms with Crippen LogP contribution >= 0.6 is 0 Å². The number of hydrogen-bond acceptors (Lipinski definition) is 11. The average molecular weight is 656 g/mol. The first-order valence-corrected chi connectivity index (χ1v) is 15.5. The van der Waals surface area contributed by atoms with Crippen molar-refractivity contribution in [1.29, 1.82) is 0 Å². The second-order valence-electron chi connectivity index (χ2n) is 12.2. The molecule has 5 N–H and O–H groups in total. The predicted molar refractivity (Wildman–Crippen MR) is 172 cm³/mol. The fourth-order valence-electron chi connectivity index (χ4n) is 7.16. The van der Waals surface area contributed by atoms with Gasteiger partial charge in [-0.25, -0.2) is 4.99 Å². The van der Waals surface area contributed by atoms with E-state index in [4.69, 9.17) is 4.74 Å². The molecule has 3 aliphatic rings. The summed E-state index contributed by atoms with van der Waals surface area (Å²) in [5.74, 6) is -5.51. The van der Waals surface area contributed by atoms with E-state index in [9.17, 15) is 34.5 Å². The molecule has 3 heterocycles. The van der Waals surface area contributed by atoms with Gasteiger partial charge in [0.25, 0.3) is 5.91 Å². The third-order valence-corrected chi connectivity index (χ3v) is 9.48. The molecule has 0 spiro atoms. The summed E-state index contributed by atoms with van der Waals surface area (Å²) < 4.78 is 5.79. The molecule has 0 aromatic heterocycles. The van der Waals surface area contributed by atoms with Crippen LogP contribution < -0.4 is 10.6 Å². The van der Waals surface area contributed by atoms with Crippen LogP contribution in [0.4, 0.5) is 0 Å². The molecule has 0 radical (unpaired) electrons. The van der Waals surface area contributed by atoms with Crippen LogP contribution in [0.25, 0.3) is 0 Å². The maximum absolute atomic E-state index is 14.5. The van der Waals surface area contributed by atoms with Gasteiger partial charge in [0.1, 0.15) is 18.3 Å². The molecule has 13 nitrogen and oxygen atoms in total. The van der Waals surface area contributed by atoms with Crippen molar-refractivity contribution in [3.63, 3.8) is 0 Å². The molecule has 2 fully saturated rings. The Morgan fingerprint density at radius 2 is 1.35 bits per heavy atom. The lowest BCUT2D eigenvalue weighted by Gasteiger charge is -2.57. The first-order chi connectivity index (χ1) is 23.0. The molecule has 2 saturated heterocycles. The normalized spacial score (nSPS) is 29.8. The van der Waals surface area contributed by atoms with Gasteiger partial charge in [0, 0.05) is 13.8 Å². The summed E-state index contributed by atoms with van der Waals surface area (Å²) >= 11 is 0. The molecule has 0 bridgehead atoms. The van der Waals surface area contributed by atoms with Crippen molar-refractivity contribution in [3.05, 3.63) is 108 Å². The number of ketones is 2. The number of Topliss-reactive ketones (excluding diaryl/α,β-unsaturated/α-hetero) is 2. The molecule has 0 aliphatic carbocycles. The fourth-order valence-corrected chi connectivity index (χ4v) is 7.16. The Morgan fingerprint density at radius 1 is 0.854 bits per heavy atom. The SMILES string of the molecule is CC(=O)N1C2N([C@@H]3O[C@H](CO)C(O)C3O)C=NC2(C(C)=O)C(=O)NC1(NC(c1ccccc1)(c1ccccc1)c1ccccc1)C(C)=O. The van der Waals surface area contributed by atoms with Crippen molar-refractivity contribution < 1.29 is 39.2 Å². The zero-order valence-corrected chi connectivity index (χ0v) is 26.6. The van der Waals surface area contributed by atoms with Crippen molar-refractivity contribution in [2.75, 3.05) is 6.61 Å². The van der Waals surface area contributed by atoms with E-state index in [0.717, 1.165) is 18.2 Å². The molecule has 6 rings (SSSR count). The van der Waals surface area contributed by atoms with E-state index in [1.807, 2.05) is 91.0 Å². The summed E-state index contributed by atoms with van der Waals surface area (Å²) in [6, 6.07) is 27.6. The van der Waals surface area contributed by atoms with E-state index in [0.29, 0.717) is 16.7 Å². The summed E-state index contributed by atoms with van der Waals surface area (Å²) in [4.78, 5) is 62.8. The predicted octanol–water partition coefficient (Wildman–Crippen LogP) is 0.226. The van der Waals surface area contributed by atoms with Crippen molar-refractivity contribution in [1.82, 2.24) is 20.4 Å².